The van der Waals surface area contributed by atoms with E-state index in [0.29, 0.717) is 0 Å². The summed E-state index contributed by atoms with van der Waals surface area (Å²) in [5.41, 5.74) is 0. The Morgan fingerprint density at radius 1 is 1.42 bits per heavy atom. The summed E-state index contributed by atoms with van der Waals surface area (Å²) < 4.78 is 10.4. The molecule has 1 saturated heterocycles. The normalized spacial score (nSPS) is 19.3. The summed E-state index contributed by atoms with van der Waals surface area (Å²) in [7, 11) is 0. The summed E-state index contributed by atoms with van der Waals surface area (Å²) in [4.78, 5) is 10.0. The van der Waals surface area contributed by atoms with Gasteiger partial charge in [-0.1, -0.05) is 0 Å². The smallest absolute Gasteiger partial charge is 0.357 e. The van der Waals surface area contributed by atoms with Crippen molar-refractivity contribution in [3.63, 3.8) is 0 Å². The minimum absolute atomic E-state index is 0.0165. The molecule has 0 spiro atoms. The van der Waals surface area contributed by atoms with Crippen molar-refractivity contribution in [3.05, 3.63) is 0 Å². The minimum atomic E-state index is -1.05. The van der Waals surface area contributed by atoms with Crippen LogP contribution in [0.5, 0.6) is 0 Å². The first-order chi connectivity index (χ1) is 5.79. The van der Waals surface area contributed by atoms with Crippen LogP contribution in [-0.4, -0.2) is 31.9 Å². The number of hydrogen-bond acceptors (Lipinski definition) is 3. The van der Waals surface area contributed by atoms with Crippen LogP contribution < -0.4 is 0 Å². The van der Waals surface area contributed by atoms with Crippen molar-refractivity contribution < 1.29 is 19.4 Å². The van der Waals surface area contributed by atoms with E-state index in [9.17, 15) is 9.90 Å². The van der Waals surface area contributed by atoms with Crippen LogP contribution in [0.1, 0.15) is 19.3 Å². The van der Waals surface area contributed by atoms with Gasteiger partial charge in [0.1, 0.15) is 0 Å². The van der Waals surface area contributed by atoms with Crippen LogP contribution in [0.2, 0.25) is 0 Å². The molecule has 4 heteroatoms. The zero-order valence-electron chi connectivity index (χ0n) is 6.95. The van der Waals surface area contributed by atoms with Gasteiger partial charge in [0.25, 0.3) is 0 Å². The molecule has 1 aliphatic heterocycles. The van der Waals surface area contributed by atoms with Crippen LogP contribution in [0.4, 0.5) is 0 Å². The van der Waals surface area contributed by atoms with Gasteiger partial charge < -0.3 is 9.47 Å². The SMILES string of the molecule is [O]C(=O)CCOC1CCOCC1. The van der Waals surface area contributed by atoms with Gasteiger partial charge in [0.15, 0.2) is 0 Å². The molecule has 0 atom stereocenters. The maximum Gasteiger partial charge on any atom is 0.357 e. The maximum atomic E-state index is 10.0. The van der Waals surface area contributed by atoms with Crippen molar-refractivity contribution in [1.82, 2.24) is 0 Å². The molecular formula is C8H13O4. The monoisotopic (exact) mass is 173 g/mol. The molecule has 1 rings (SSSR count). The Morgan fingerprint density at radius 2 is 2.08 bits per heavy atom. The highest BCUT2D eigenvalue weighted by molar-refractivity contribution is 5.66. The zero-order chi connectivity index (χ0) is 8.81. The quantitative estimate of drug-likeness (QED) is 0.623. The Balaban J connectivity index is 2.01. The van der Waals surface area contributed by atoms with Gasteiger partial charge in [-0.05, 0) is 12.8 Å². The van der Waals surface area contributed by atoms with Crippen LogP contribution in [0.3, 0.4) is 0 Å². The summed E-state index contributed by atoms with van der Waals surface area (Å²) in [5.74, 6) is -1.05. The molecule has 1 fully saturated rings. The number of carbonyl (C=O) groups is 1. The van der Waals surface area contributed by atoms with Crippen LogP contribution >= 0.6 is 0 Å². The molecule has 4 nitrogen and oxygen atoms in total. The molecule has 0 aromatic rings. The Kier molecular flexibility index (Phi) is 4.04. The Bertz CT molecular complexity index is 140. The molecule has 0 aromatic heterocycles. The van der Waals surface area contributed by atoms with Gasteiger partial charge in [0.2, 0.25) is 0 Å². The van der Waals surface area contributed by atoms with Crippen molar-refractivity contribution >= 4 is 5.97 Å². The molecule has 69 valence electrons. The highest BCUT2D eigenvalue weighted by Gasteiger charge is 2.14. The van der Waals surface area contributed by atoms with Gasteiger partial charge in [-0.15, -0.1) is 0 Å². The molecule has 1 aliphatic rings. The molecule has 0 aromatic carbocycles. The second kappa shape index (κ2) is 5.11. The molecule has 0 saturated carbocycles. The van der Waals surface area contributed by atoms with Crippen molar-refractivity contribution in [2.45, 2.75) is 25.4 Å². The van der Waals surface area contributed by atoms with E-state index in [1.807, 2.05) is 0 Å². The number of ether oxygens (including phenoxy) is 2. The number of carbonyl (C=O) groups excluding carboxylic acids is 1. The predicted molar refractivity (Wildman–Crippen MR) is 40.1 cm³/mol. The molecule has 0 aliphatic carbocycles. The van der Waals surface area contributed by atoms with E-state index in [4.69, 9.17) is 9.47 Å². The standard InChI is InChI=1S/C8H13O4/c9-8(10)3-6-12-7-1-4-11-5-2-7/h7H,1-6H2. The van der Waals surface area contributed by atoms with Crippen LogP contribution in [-0.2, 0) is 19.4 Å². The molecule has 1 heterocycles. The topological polar surface area (TPSA) is 55.4 Å². The fourth-order valence-electron chi connectivity index (χ4n) is 1.15. The average molecular weight is 173 g/mol. The lowest BCUT2D eigenvalue weighted by atomic mass is 10.1. The maximum absolute atomic E-state index is 10.0. The second-order valence-corrected chi connectivity index (χ2v) is 2.80. The third-order valence-corrected chi connectivity index (χ3v) is 1.83. The summed E-state index contributed by atoms with van der Waals surface area (Å²) >= 11 is 0. The first-order valence-corrected chi connectivity index (χ1v) is 4.18. The average Bonchev–Trinajstić information content (AvgIpc) is 2.05. The fraction of sp³-hybridized carbons (Fsp3) is 0.875. The summed E-state index contributed by atoms with van der Waals surface area (Å²) in [5, 5.41) is 10.0. The molecule has 0 amide bonds. The summed E-state index contributed by atoms with van der Waals surface area (Å²) in [6, 6.07) is 0. The molecule has 0 N–H and O–H groups in total. The molecular weight excluding hydrogens is 160 g/mol. The van der Waals surface area contributed by atoms with Crippen molar-refractivity contribution in [1.29, 1.82) is 0 Å². The van der Waals surface area contributed by atoms with E-state index >= 15 is 0 Å². The largest absolute Gasteiger partial charge is 0.381 e. The van der Waals surface area contributed by atoms with Gasteiger partial charge in [-0.2, -0.15) is 0 Å². The first-order valence-electron chi connectivity index (χ1n) is 4.18. The van der Waals surface area contributed by atoms with Gasteiger partial charge in [0, 0.05) is 13.2 Å². The third-order valence-electron chi connectivity index (χ3n) is 1.83. The van der Waals surface area contributed by atoms with E-state index in [0.717, 1.165) is 26.1 Å². The number of hydrogen-bond donors (Lipinski definition) is 0. The van der Waals surface area contributed by atoms with E-state index in [1.54, 1.807) is 0 Å². The Morgan fingerprint density at radius 3 is 2.67 bits per heavy atom. The van der Waals surface area contributed by atoms with Crippen LogP contribution in [0, 0.1) is 0 Å². The van der Waals surface area contributed by atoms with E-state index in [-0.39, 0.29) is 19.1 Å². The lowest BCUT2D eigenvalue weighted by molar-refractivity contribution is -0.145. The van der Waals surface area contributed by atoms with E-state index < -0.39 is 5.97 Å². The van der Waals surface area contributed by atoms with E-state index in [2.05, 4.69) is 0 Å². The zero-order valence-corrected chi connectivity index (χ0v) is 6.95. The summed E-state index contributed by atoms with van der Waals surface area (Å²) in [6.45, 7) is 1.69. The Labute approximate surface area is 71.5 Å². The molecule has 1 radical (unpaired) electrons. The van der Waals surface area contributed by atoms with E-state index in [1.165, 1.54) is 0 Å². The van der Waals surface area contributed by atoms with Gasteiger partial charge in [-0.3, -0.25) is 0 Å². The molecule has 0 bridgehead atoms. The molecule has 0 unspecified atom stereocenters. The Hall–Kier alpha value is -0.610. The highest BCUT2D eigenvalue weighted by atomic mass is 16.5. The number of rotatable bonds is 4. The second-order valence-electron chi connectivity index (χ2n) is 2.80. The summed E-state index contributed by atoms with van der Waals surface area (Å²) in [6.07, 6.45) is 1.90. The van der Waals surface area contributed by atoms with Gasteiger partial charge in [-0.25, -0.2) is 9.90 Å². The lowest BCUT2D eigenvalue weighted by Gasteiger charge is -2.21. The fourth-order valence-corrected chi connectivity index (χ4v) is 1.15. The van der Waals surface area contributed by atoms with Crippen molar-refractivity contribution in [2.24, 2.45) is 0 Å². The third kappa shape index (κ3) is 3.69. The highest BCUT2D eigenvalue weighted by Crippen LogP contribution is 2.10. The van der Waals surface area contributed by atoms with Crippen LogP contribution in [0.15, 0.2) is 0 Å². The minimum Gasteiger partial charge on any atom is -0.381 e. The lowest BCUT2D eigenvalue weighted by Crippen LogP contribution is -2.24. The van der Waals surface area contributed by atoms with Crippen LogP contribution in [0.25, 0.3) is 0 Å². The predicted octanol–water partition coefficient (Wildman–Crippen LogP) is 0.529. The molecule has 12 heavy (non-hydrogen) atoms. The first kappa shape index (κ1) is 9.48. The van der Waals surface area contributed by atoms with Crippen molar-refractivity contribution in [2.75, 3.05) is 19.8 Å². The van der Waals surface area contributed by atoms with Crippen molar-refractivity contribution in [3.8, 4) is 0 Å². The van der Waals surface area contributed by atoms with Gasteiger partial charge in [0.05, 0.1) is 19.1 Å². The van der Waals surface area contributed by atoms with Gasteiger partial charge >= 0.3 is 5.97 Å².